The van der Waals surface area contributed by atoms with Gasteiger partial charge in [0.2, 0.25) is 0 Å². The van der Waals surface area contributed by atoms with Crippen LogP contribution in [0, 0.1) is 0 Å². The van der Waals surface area contributed by atoms with Crippen molar-refractivity contribution in [2.75, 3.05) is 5.43 Å². The molecule has 4 nitrogen and oxygen atoms in total. The number of anilines is 1. The van der Waals surface area contributed by atoms with Crippen LogP contribution in [0.2, 0.25) is 0 Å². The van der Waals surface area contributed by atoms with E-state index in [9.17, 15) is 4.79 Å². The van der Waals surface area contributed by atoms with E-state index in [0.29, 0.717) is 5.69 Å². The first-order chi connectivity index (χ1) is 7.27. The number of nitrogens with one attached hydrogen (secondary N) is 1. The molecule has 76 valence electrons. The van der Waals surface area contributed by atoms with E-state index in [-0.39, 0.29) is 5.78 Å². The van der Waals surface area contributed by atoms with Crippen LogP contribution in [0.15, 0.2) is 42.9 Å². The summed E-state index contributed by atoms with van der Waals surface area (Å²) >= 11 is 0. The van der Waals surface area contributed by atoms with Crippen LogP contribution in [0.25, 0.3) is 0 Å². The maximum Gasteiger partial charge on any atom is 0.179 e. The Hall–Kier alpha value is -2.10. The molecule has 0 aliphatic carbocycles. The topological polar surface area (TPSA) is 46.9 Å². The molecule has 0 aliphatic heterocycles. The Morgan fingerprint density at radius 2 is 2.07 bits per heavy atom. The van der Waals surface area contributed by atoms with Crippen LogP contribution in [-0.2, 0) is 0 Å². The van der Waals surface area contributed by atoms with Gasteiger partial charge >= 0.3 is 0 Å². The summed E-state index contributed by atoms with van der Waals surface area (Å²) in [5.74, 6) is -0.0177. The largest absolute Gasteiger partial charge is 0.293 e. The molecule has 15 heavy (non-hydrogen) atoms. The van der Waals surface area contributed by atoms with Crippen molar-refractivity contribution in [1.29, 1.82) is 0 Å². The van der Waals surface area contributed by atoms with Gasteiger partial charge in [-0.05, 0) is 12.1 Å². The van der Waals surface area contributed by atoms with Crippen LogP contribution >= 0.6 is 0 Å². The SMILES string of the molecule is CC(=O)c1cncn1Nc1ccccc1. The number of hydrogen-bond acceptors (Lipinski definition) is 3. The normalized spacial score (nSPS) is 9.93. The second kappa shape index (κ2) is 3.96. The average molecular weight is 201 g/mol. The lowest BCUT2D eigenvalue weighted by Gasteiger charge is -2.08. The zero-order valence-corrected chi connectivity index (χ0v) is 8.34. The number of Topliss-reactive ketones (excluding diaryl/α,β-unsaturated/α-hetero) is 1. The van der Waals surface area contributed by atoms with Gasteiger partial charge in [-0.3, -0.25) is 10.2 Å². The van der Waals surface area contributed by atoms with Gasteiger partial charge in [0.15, 0.2) is 5.78 Å². The van der Waals surface area contributed by atoms with Crippen molar-refractivity contribution in [3.8, 4) is 0 Å². The molecule has 0 amide bonds. The highest BCUT2D eigenvalue weighted by atomic mass is 16.1. The Labute approximate surface area is 87.5 Å². The Bertz CT molecular complexity index is 462. The van der Waals surface area contributed by atoms with Crippen LogP contribution in [0.1, 0.15) is 17.4 Å². The van der Waals surface area contributed by atoms with Gasteiger partial charge in [-0.1, -0.05) is 18.2 Å². The fourth-order valence-electron chi connectivity index (χ4n) is 1.30. The predicted octanol–water partition coefficient (Wildman–Crippen LogP) is 1.96. The highest BCUT2D eigenvalue weighted by molar-refractivity contribution is 5.92. The van der Waals surface area contributed by atoms with Crippen molar-refractivity contribution < 1.29 is 4.79 Å². The zero-order chi connectivity index (χ0) is 10.7. The third kappa shape index (κ3) is 2.04. The van der Waals surface area contributed by atoms with Crippen molar-refractivity contribution in [2.45, 2.75) is 6.92 Å². The summed E-state index contributed by atoms with van der Waals surface area (Å²) in [6, 6.07) is 9.62. The average Bonchev–Trinajstić information content (AvgIpc) is 2.67. The number of benzene rings is 1. The molecular formula is C11H11N3O. The molecule has 0 radical (unpaired) electrons. The van der Waals surface area contributed by atoms with Crippen LogP contribution in [0.3, 0.4) is 0 Å². The molecule has 2 aromatic rings. The number of aromatic nitrogens is 2. The van der Waals surface area contributed by atoms with Crippen LogP contribution in [-0.4, -0.2) is 15.4 Å². The Balaban J connectivity index is 2.25. The standard InChI is InChI=1S/C11H11N3O/c1-9(15)11-7-12-8-14(11)13-10-5-3-2-4-6-10/h2-8,13H,1H3. The van der Waals surface area contributed by atoms with Gasteiger partial charge in [0.1, 0.15) is 12.0 Å². The molecule has 0 unspecified atom stereocenters. The number of rotatable bonds is 3. The monoisotopic (exact) mass is 201 g/mol. The van der Waals surface area contributed by atoms with Crippen molar-refractivity contribution >= 4 is 11.5 Å². The lowest BCUT2D eigenvalue weighted by molar-refractivity contribution is 0.101. The van der Waals surface area contributed by atoms with Crippen LogP contribution in [0.4, 0.5) is 5.69 Å². The van der Waals surface area contributed by atoms with Gasteiger partial charge in [-0.2, -0.15) is 0 Å². The molecule has 0 bridgehead atoms. The van der Waals surface area contributed by atoms with Gasteiger partial charge in [0.25, 0.3) is 0 Å². The van der Waals surface area contributed by atoms with Gasteiger partial charge in [-0.25, -0.2) is 9.66 Å². The first-order valence-corrected chi connectivity index (χ1v) is 4.63. The van der Waals surface area contributed by atoms with E-state index in [2.05, 4.69) is 10.4 Å². The van der Waals surface area contributed by atoms with E-state index in [1.807, 2.05) is 30.3 Å². The molecule has 1 heterocycles. The maximum absolute atomic E-state index is 11.2. The molecule has 0 fully saturated rings. The van der Waals surface area contributed by atoms with Crippen molar-refractivity contribution in [1.82, 2.24) is 9.66 Å². The first kappa shape index (κ1) is 9.45. The van der Waals surface area contributed by atoms with Gasteiger partial charge in [0, 0.05) is 6.92 Å². The molecule has 0 saturated carbocycles. The molecule has 0 atom stereocenters. The fraction of sp³-hybridized carbons (Fsp3) is 0.0909. The number of ketones is 1. The number of nitrogens with zero attached hydrogens (tertiary/aromatic N) is 2. The third-order valence-corrected chi connectivity index (χ3v) is 2.02. The molecular weight excluding hydrogens is 190 g/mol. The summed E-state index contributed by atoms with van der Waals surface area (Å²) in [6.07, 6.45) is 3.11. The van der Waals surface area contributed by atoms with Gasteiger partial charge < -0.3 is 0 Å². The van der Waals surface area contributed by atoms with E-state index >= 15 is 0 Å². The molecule has 0 saturated heterocycles. The summed E-state index contributed by atoms with van der Waals surface area (Å²) in [5, 5.41) is 0. The highest BCUT2D eigenvalue weighted by Crippen LogP contribution is 2.07. The Kier molecular flexibility index (Phi) is 2.49. The lowest BCUT2D eigenvalue weighted by atomic mass is 10.3. The second-order valence-corrected chi connectivity index (χ2v) is 3.18. The van der Waals surface area contributed by atoms with E-state index < -0.39 is 0 Å². The van der Waals surface area contributed by atoms with Gasteiger partial charge in [0.05, 0.1) is 11.9 Å². The fourth-order valence-corrected chi connectivity index (χ4v) is 1.30. The number of para-hydroxylation sites is 1. The highest BCUT2D eigenvalue weighted by Gasteiger charge is 2.05. The molecule has 0 spiro atoms. The minimum absolute atomic E-state index is 0.0177. The summed E-state index contributed by atoms with van der Waals surface area (Å²) in [7, 11) is 0. The molecule has 4 heteroatoms. The minimum Gasteiger partial charge on any atom is -0.293 e. The first-order valence-electron chi connectivity index (χ1n) is 4.63. The van der Waals surface area contributed by atoms with E-state index in [1.54, 1.807) is 11.0 Å². The van der Waals surface area contributed by atoms with Crippen LogP contribution < -0.4 is 5.43 Å². The van der Waals surface area contributed by atoms with Gasteiger partial charge in [-0.15, -0.1) is 0 Å². The Morgan fingerprint density at radius 3 is 2.73 bits per heavy atom. The van der Waals surface area contributed by atoms with Crippen molar-refractivity contribution in [3.63, 3.8) is 0 Å². The number of hydrogen-bond donors (Lipinski definition) is 1. The quantitative estimate of drug-likeness (QED) is 0.772. The number of carbonyl (C=O) groups is 1. The summed E-state index contributed by atoms with van der Waals surface area (Å²) < 4.78 is 1.61. The number of imidazole rings is 1. The third-order valence-electron chi connectivity index (χ3n) is 2.02. The molecule has 1 aromatic heterocycles. The summed E-state index contributed by atoms with van der Waals surface area (Å²) in [4.78, 5) is 15.1. The second-order valence-electron chi connectivity index (χ2n) is 3.18. The summed E-state index contributed by atoms with van der Waals surface area (Å²) in [5.41, 5.74) is 4.52. The predicted molar refractivity (Wildman–Crippen MR) is 57.7 cm³/mol. The van der Waals surface area contributed by atoms with E-state index in [4.69, 9.17) is 0 Å². The van der Waals surface area contributed by atoms with Crippen LogP contribution in [0.5, 0.6) is 0 Å². The van der Waals surface area contributed by atoms with Crippen molar-refractivity contribution in [3.05, 3.63) is 48.5 Å². The minimum atomic E-state index is -0.0177. The molecule has 0 aliphatic rings. The lowest BCUT2D eigenvalue weighted by Crippen LogP contribution is -2.13. The van der Waals surface area contributed by atoms with E-state index in [1.165, 1.54) is 13.1 Å². The number of carbonyl (C=O) groups excluding carboxylic acids is 1. The molecule has 1 N–H and O–H groups in total. The Morgan fingerprint density at radius 1 is 1.33 bits per heavy atom. The smallest absolute Gasteiger partial charge is 0.179 e. The molecule has 1 aromatic carbocycles. The van der Waals surface area contributed by atoms with Crippen molar-refractivity contribution in [2.24, 2.45) is 0 Å². The van der Waals surface area contributed by atoms with E-state index in [0.717, 1.165) is 5.69 Å². The maximum atomic E-state index is 11.2. The molecule has 2 rings (SSSR count). The zero-order valence-electron chi connectivity index (χ0n) is 8.34. The summed E-state index contributed by atoms with van der Waals surface area (Å²) in [6.45, 7) is 1.51.